The predicted molar refractivity (Wildman–Crippen MR) is 75.9 cm³/mol. The molecule has 1 N–H and O–H groups in total. The van der Waals surface area contributed by atoms with E-state index in [2.05, 4.69) is 9.80 Å². The summed E-state index contributed by atoms with van der Waals surface area (Å²) in [6.07, 6.45) is 7.53. The van der Waals surface area contributed by atoms with Crippen molar-refractivity contribution in [2.45, 2.75) is 62.7 Å². The van der Waals surface area contributed by atoms with Crippen molar-refractivity contribution >= 4 is 6.09 Å². The highest BCUT2D eigenvalue weighted by atomic mass is 16.4. The summed E-state index contributed by atoms with van der Waals surface area (Å²) in [4.78, 5) is 17.9. The number of hydrogen-bond acceptors (Lipinski definition) is 3. The smallest absolute Gasteiger partial charge is 0.407 e. The first-order valence-electron chi connectivity index (χ1n) is 8.22. The lowest BCUT2D eigenvalue weighted by Gasteiger charge is -2.45. The molecule has 1 amide bonds. The Kier molecular flexibility index (Phi) is 3.15. The van der Waals surface area contributed by atoms with E-state index in [4.69, 9.17) is 5.11 Å². The highest BCUT2D eigenvalue weighted by molar-refractivity contribution is 5.65. The summed E-state index contributed by atoms with van der Waals surface area (Å²) in [6, 6.07) is 3.27. The molecule has 1 aliphatic carbocycles. The van der Waals surface area contributed by atoms with Crippen molar-refractivity contribution in [1.29, 1.82) is 0 Å². The summed E-state index contributed by atoms with van der Waals surface area (Å²) >= 11 is 0. The Morgan fingerprint density at radius 2 is 1.35 bits per heavy atom. The first-order valence-corrected chi connectivity index (χ1v) is 8.22. The predicted octanol–water partition coefficient (Wildman–Crippen LogP) is 1.44. The Balaban J connectivity index is 1.36. The number of piperidine rings is 1. The van der Waals surface area contributed by atoms with Crippen LogP contribution in [-0.4, -0.2) is 76.2 Å². The largest absolute Gasteiger partial charge is 0.465 e. The molecule has 0 aromatic rings. The highest BCUT2D eigenvalue weighted by Gasteiger charge is 2.48. The molecule has 0 spiro atoms. The monoisotopic (exact) mass is 279 g/mol. The lowest BCUT2D eigenvalue weighted by molar-refractivity contribution is 0.0279. The van der Waals surface area contributed by atoms with Gasteiger partial charge in [0, 0.05) is 50.3 Å². The molecule has 0 aromatic carbocycles. The molecule has 2 atom stereocenters. The van der Waals surface area contributed by atoms with Gasteiger partial charge in [-0.15, -0.1) is 0 Å². The minimum absolute atomic E-state index is 0.688. The Hall–Kier alpha value is -0.810. The minimum atomic E-state index is -0.756. The van der Waals surface area contributed by atoms with Crippen molar-refractivity contribution in [2.24, 2.45) is 0 Å². The van der Waals surface area contributed by atoms with E-state index in [1.807, 2.05) is 0 Å². The van der Waals surface area contributed by atoms with Gasteiger partial charge in [0.25, 0.3) is 0 Å². The van der Waals surface area contributed by atoms with Crippen LogP contribution in [0.4, 0.5) is 4.79 Å². The third kappa shape index (κ3) is 2.21. The van der Waals surface area contributed by atoms with Gasteiger partial charge in [-0.2, -0.15) is 0 Å². The molecule has 3 aliphatic heterocycles. The van der Waals surface area contributed by atoms with Gasteiger partial charge < -0.3 is 10.0 Å². The van der Waals surface area contributed by atoms with Gasteiger partial charge in [0.05, 0.1) is 0 Å². The molecular formula is C15H25N3O2. The molecule has 2 unspecified atom stereocenters. The van der Waals surface area contributed by atoms with Crippen molar-refractivity contribution < 1.29 is 9.90 Å². The Labute approximate surface area is 120 Å². The maximum absolute atomic E-state index is 11.0. The fraction of sp³-hybridized carbons (Fsp3) is 0.933. The van der Waals surface area contributed by atoms with Gasteiger partial charge >= 0.3 is 6.09 Å². The molecule has 4 rings (SSSR count). The molecular weight excluding hydrogens is 254 g/mol. The summed E-state index contributed by atoms with van der Waals surface area (Å²) < 4.78 is 0. The van der Waals surface area contributed by atoms with Crippen molar-refractivity contribution in [3.8, 4) is 0 Å². The van der Waals surface area contributed by atoms with E-state index < -0.39 is 6.09 Å². The number of rotatable bonds is 2. The van der Waals surface area contributed by atoms with Crippen LogP contribution in [0.3, 0.4) is 0 Å². The summed E-state index contributed by atoms with van der Waals surface area (Å²) in [5.74, 6) is 0. The van der Waals surface area contributed by atoms with Gasteiger partial charge in [-0.25, -0.2) is 4.79 Å². The molecule has 1 saturated carbocycles. The highest BCUT2D eigenvalue weighted by Crippen LogP contribution is 2.44. The number of piperazine rings is 1. The molecule has 3 heterocycles. The zero-order chi connectivity index (χ0) is 13.7. The van der Waals surface area contributed by atoms with Gasteiger partial charge in [0.1, 0.15) is 0 Å². The fourth-order valence-electron chi connectivity index (χ4n) is 4.73. The van der Waals surface area contributed by atoms with Crippen LogP contribution in [0.25, 0.3) is 0 Å². The molecule has 20 heavy (non-hydrogen) atoms. The van der Waals surface area contributed by atoms with Crippen LogP contribution >= 0.6 is 0 Å². The van der Waals surface area contributed by atoms with Gasteiger partial charge in [-0.3, -0.25) is 9.80 Å². The molecule has 5 heteroatoms. The first-order chi connectivity index (χ1) is 9.72. The van der Waals surface area contributed by atoms with E-state index in [-0.39, 0.29) is 0 Å². The number of carbonyl (C=O) groups is 1. The molecule has 112 valence electrons. The van der Waals surface area contributed by atoms with Crippen molar-refractivity contribution in [2.75, 3.05) is 26.2 Å². The number of amides is 1. The Bertz CT molecular complexity index is 377. The number of nitrogens with zero attached hydrogens (tertiary/aromatic N) is 3. The zero-order valence-electron chi connectivity index (χ0n) is 12.1. The summed E-state index contributed by atoms with van der Waals surface area (Å²) in [7, 11) is 0. The average molecular weight is 279 g/mol. The van der Waals surface area contributed by atoms with Gasteiger partial charge in [-0.05, 0) is 38.5 Å². The second-order valence-corrected chi connectivity index (χ2v) is 6.99. The summed E-state index contributed by atoms with van der Waals surface area (Å²) in [5.41, 5.74) is 0. The maximum Gasteiger partial charge on any atom is 0.407 e. The fourth-order valence-corrected chi connectivity index (χ4v) is 4.73. The third-order valence-electron chi connectivity index (χ3n) is 5.83. The Morgan fingerprint density at radius 3 is 1.85 bits per heavy atom. The quantitative estimate of drug-likeness (QED) is 0.831. The molecule has 5 nitrogen and oxygen atoms in total. The third-order valence-corrected chi connectivity index (χ3v) is 5.83. The van der Waals surface area contributed by atoms with Crippen LogP contribution in [0.1, 0.15) is 38.5 Å². The number of fused-ring (bicyclic) bond motifs is 2. The van der Waals surface area contributed by atoms with Crippen LogP contribution < -0.4 is 0 Å². The van der Waals surface area contributed by atoms with E-state index in [0.717, 1.165) is 31.2 Å². The van der Waals surface area contributed by atoms with E-state index in [9.17, 15) is 4.79 Å². The maximum atomic E-state index is 11.0. The van der Waals surface area contributed by atoms with Crippen LogP contribution in [0.2, 0.25) is 0 Å². The summed E-state index contributed by atoms with van der Waals surface area (Å²) in [5, 5.41) is 9.03. The van der Waals surface area contributed by atoms with E-state index in [0.29, 0.717) is 19.1 Å². The van der Waals surface area contributed by atoms with Gasteiger partial charge in [-0.1, -0.05) is 0 Å². The molecule has 3 saturated heterocycles. The SMILES string of the molecule is O=C(O)N1CCN(C2CC3CCC(C2)N3C2CC2)CC1. The van der Waals surface area contributed by atoms with Crippen molar-refractivity contribution in [1.82, 2.24) is 14.7 Å². The zero-order valence-corrected chi connectivity index (χ0v) is 12.1. The summed E-state index contributed by atoms with van der Waals surface area (Å²) in [6.45, 7) is 3.24. The average Bonchev–Trinajstić information content (AvgIpc) is 3.26. The molecule has 0 radical (unpaired) electrons. The first kappa shape index (κ1) is 12.9. The lowest BCUT2D eigenvalue weighted by atomic mass is 9.95. The topological polar surface area (TPSA) is 47.0 Å². The standard InChI is InChI=1S/C15H25N3O2/c19-15(20)17-7-5-16(6-8-17)14-9-12-3-4-13(10-14)18(12)11-1-2-11/h11-14H,1-10H2,(H,19,20). The van der Waals surface area contributed by atoms with E-state index in [1.54, 1.807) is 4.90 Å². The second kappa shape index (κ2) is 4.88. The van der Waals surface area contributed by atoms with Crippen LogP contribution in [-0.2, 0) is 0 Å². The molecule has 4 aliphatic rings. The van der Waals surface area contributed by atoms with Crippen LogP contribution in [0, 0.1) is 0 Å². The van der Waals surface area contributed by atoms with Gasteiger partial charge in [0.2, 0.25) is 0 Å². The molecule has 2 bridgehead atoms. The van der Waals surface area contributed by atoms with Crippen LogP contribution in [0.5, 0.6) is 0 Å². The second-order valence-electron chi connectivity index (χ2n) is 6.99. The lowest BCUT2D eigenvalue weighted by Crippen LogP contribution is -2.56. The minimum Gasteiger partial charge on any atom is -0.465 e. The number of hydrogen-bond donors (Lipinski definition) is 1. The van der Waals surface area contributed by atoms with Crippen LogP contribution in [0.15, 0.2) is 0 Å². The van der Waals surface area contributed by atoms with E-state index in [1.165, 1.54) is 38.5 Å². The van der Waals surface area contributed by atoms with Crippen molar-refractivity contribution in [3.05, 3.63) is 0 Å². The number of carboxylic acid groups (broad SMARTS) is 1. The van der Waals surface area contributed by atoms with E-state index >= 15 is 0 Å². The van der Waals surface area contributed by atoms with Gasteiger partial charge in [0.15, 0.2) is 0 Å². The Morgan fingerprint density at radius 1 is 0.800 bits per heavy atom. The normalized spacial score (nSPS) is 39.2. The van der Waals surface area contributed by atoms with Crippen molar-refractivity contribution in [3.63, 3.8) is 0 Å². The molecule has 0 aromatic heterocycles. The molecule has 4 fully saturated rings.